The average Bonchev–Trinajstić information content (AvgIpc) is 2.76. The lowest BCUT2D eigenvalue weighted by atomic mass is 9.49. The maximum atomic E-state index is 13.8. The molecule has 0 spiro atoms. The first-order valence-corrected chi connectivity index (χ1v) is 12.0. The summed E-state index contributed by atoms with van der Waals surface area (Å²) in [6.45, 7) is 10.7. The van der Waals surface area contributed by atoms with Gasteiger partial charge in [-0.25, -0.2) is 0 Å². The Kier molecular flexibility index (Phi) is 7.54. The van der Waals surface area contributed by atoms with E-state index < -0.39 is 10.8 Å². The highest BCUT2D eigenvalue weighted by atomic mass is 16.1. The summed E-state index contributed by atoms with van der Waals surface area (Å²) in [6.07, 6.45) is 17.1. The molecule has 2 atom stereocenters. The second kappa shape index (κ2) is 9.98. The van der Waals surface area contributed by atoms with Gasteiger partial charge in [0.25, 0.3) is 0 Å². The van der Waals surface area contributed by atoms with E-state index in [1.54, 1.807) is 0 Å². The minimum Gasteiger partial charge on any atom is -0.293 e. The number of carbonyl (C=O) groups excluding carboxylic acids is 2. The minimum absolute atomic E-state index is 0.123. The molecule has 0 radical (unpaired) electrons. The van der Waals surface area contributed by atoms with Crippen LogP contribution in [-0.2, 0) is 0 Å². The Balaban J connectivity index is 1.75. The molecular weight excluding hydrogens is 392 g/mol. The van der Waals surface area contributed by atoms with Crippen molar-refractivity contribution in [1.29, 1.82) is 0 Å². The number of carbonyl (C=O) groups is 2. The molecule has 2 heteroatoms. The van der Waals surface area contributed by atoms with Gasteiger partial charge < -0.3 is 0 Å². The minimum atomic E-state index is -0.676. The SMILES string of the molecule is CC(C)=CCC/C(C)=C/CC/C(C)=C/C[C@@]12CC=CC[C@]1(C)C(=O)c1ccccc1C2=O. The number of allylic oxidation sites excluding steroid dienone is 8. The van der Waals surface area contributed by atoms with Gasteiger partial charge in [0.1, 0.15) is 0 Å². The quantitative estimate of drug-likeness (QED) is 0.389. The lowest BCUT2D eigenvalue weighted by Gasteiger charge is -2.50. The predicted octanol–water partition coefficient (Wildman–Crippen LogP) is 8.22. The van der Waals surface area contributed by atoms with E-state index >= 15 is 0 Å². The fourth-order valence-corrected chi connectivity index (χ4v) is 5.20. The summed E-state index contributed by atoms with van der Waals surface area (Å²) >= 11 is 0. The maximum Gasteiger partial charge on any atom is 0.171 e. The number of hydrogen-bond acceptors (Lipinski definition) is 2. The Morgan fingerprint density at radius 2 is 1.38 bits per heavy atom. The Morgan fingerprint density at radius 3 is 2.03 bits per heavy atom. The van der Waals surface area contributed by atoms with Crippen molar-refractivity contribution in [3.63, 3.8) is 0 Å². The highest BCUT2D eigenvalue weighted by molar-refractivity contribution is 6.19. The van der Waals surface area contributed by atoms with Gasteiger partial charge in [0.2, 0.25) is 0 Å². The maximum absolute atomic E-state index is 13.8. The first-order valence-electron chi connectivity index (χ1n) is 12.0. The molecule has 0 bridgehead atoms. The lowest BCUT2D eigenvalue weighted by Crippen LogP contribution is -2.55. The van der Waals surface area contributed by atoms with E-state index in [-0.39, 0.29) is 11.6 Å². The number of fused-ring (bicyclic) bond motifs is 2. The van der Waals surface area contributed by atoms with Crippen LogP contribution in [0.3, 0.4) is 0 Å². The van der Waals surface area contributed by atoms with Crippen LogP contribution in [0.15, 0.2) is 71.4 Å². The first kappa shape index (κ1) is 24.2. The fraction of sp³-hybridized carbons (Fsp3) is 0.467. The topological polar surface area (TPSA) is 34.1 Å². The molecule has 0 N–H and O–H groups in total. The van der Waals surface area contributed by atoms with Crippen LogP contribution in [-0.4, -0.2) is 11.6 Å². The number of ketones is 2. The van der Waals surface area contributed by atoms with E-state index in [1.807, 2.05) is 31.2 Å². The Bertz CT molecular complexity index is 999. The zero-order valence-electron chi connectivity index (χ0n) is 20.5. The second-order valence-electron chi connectivity index (χ2n) is 10.2. The molecule has 0 saturated heterocycles. The molecule has 2 aliphatic rings. The molecule has 0 saturated carbocycles. The van der Waals surface area contributed by atoms with Crippen LogP contribution in [0.4, 0.5) is 0 Å². The van der Waals surface area contributed by atoms with Crippen molar-refractivity contribution >= 4 is 11.6 Å². The van der Waals surface area contributed by atoms with Gasteiger partial charge in [-0.2, -0.15) is 0 Å². The van der Waals surface area contributed by atoms with E-state index in [2.05, 4.69) is 58.1 Å². The van der Waals surface area contributed by atoms with E-state index in [0.29, 0.717) is 30.4 Å². The van der Waals surface area contributed by atoms with Crippen molar-refractivity contribution in [1.82, 2.24) is 0 Å². The van der Waals surface area contributed by atoms with Crippen molar-refractivity contribution in [3.8, 4) is 0 Å². The molecular formula is C30H38O2. The molecule has 2 aliphatic carbocycles. The Labute approximate surface area is 194 Å². The lowest BCUT2D eigenvalue weighted by molar-refractivity contribution is 0.0274. The van der Waals surface area contributed by atoms with Crippen molar-refractivity contribution in [2.45, 2.75) is 79.6 Å². The Morgan fingerprint density at radius 1 is 0.812 bits per heavy atom. The van der Waals surface area contributed by atoms with Gasteiger partial charge in [-0.05, 0) is 72.6 Å². The van der Waals surface area contributed by atoms with Crippen LogP contribution in [0.5, 0.6) is 0 Å². The monoisotopic (exact) mass is 430 g/mol. The molecule has 0 heterocycles. The molecule has 2 nitrogen and oxygen atoms in total. The van der Waals surface area contributed by atoms with E-state index in [0.717, 1.165) is 25.7 Å². The summed E-state index contributed by atoms with van der Waals surface area (Å²) in [5.41, 5.74) is 3.95. The van der Waals surface area contributed by atoms with E-state index in [1.165, 1.54) is 16.7 Å². The highest BCUT2D eigenvalue weighted by Crippen LogP contribution is 2.57. The third-order valence-electron chi connectivity index (χ3n) is 7.49. The van der Waals surface area contributed by atoms with Gasteiger partial charge in [-0.1, -0.05) is 78.3 Å². The van der Waals surface area contributed by atoms with Crippen LogP contribution in [0.25, 0.3) is 0 Å². The standard InChI is InChI=1S/C30H38O2/c1-22(2)12-10-13-23(3)14-11-15-24(4)18-21-30-20-9-8-19-29(30,5)27(31)25-16-6-7-17-26(25)28(30)32/h6-9,12,14,16-18H,10-11,13,15,19-21H2,1-5H3/b23-14+,24-18+/t29-,30-/m1/s1. The third kappa shape index (κ3) is 4.65. The predicted molar refractivity (Wildman–Crippen MR) is 134 cm³/mol. The summed E-state index contributed by atoms with van der Waals surface area (Å²) in [5, 5.41) is 0. The smallest absolute Gasteiger partial charge is 0.171 e. The number of Topliss-reactive ketones (excluding diaryl/α,β-unsaturated/α-hetero) is 2. The largest absolute Gasteiger partial charge is 0.293 e. The van der Waals surface area contributed by atoms with Gasteiger partial charge in [0.15, 0.2) is 11.6 Å². The van der Waals surface area contributed by atoms with Crippen molar-refractivity contribution in [3.05, 3.63) is 82.5 Å². The summed E-state index contributed by atoms with van der Waals surface area (Å²) < 4.78 is 0. The first-order chi connectivity index (χ1) is 15.2. The number of hydrogen-bond donors (Lipinski definition) is 0. The molecule has 1 aromatic rings. The van der Waals surface area contributed by atoms with Crippen LogP contribution in [0.1, 0.15) is 100 Å². The van der Waals surface area contributed by atoms with Crippen molar-refractivity contribution in [2.75, 3.05) is 0 Å². The van der Waals surface area contributed by atoms with E-state index in [4.69, 9.17) is 0 Å². The average molecular weight is 431 g/mol. The van der Waals surface area contributed by atoms with E-state index in [9.17, 15) is 9.59 Å². The molecule has 1 aromatic carbocycles. The summed E-state index contributed by atoms with van der Waals surface area (Å²) in [4.78, 5) is 27.3. The van der Waals surface area contributed by atoms with Crippen LogP contribution < -0.4 is 0 Å². The third-order valence-corrected chi connectivity index (χ3v) is 7.49. The van der Waals surface area contributed by atoms with Gasteiger partial charge in [-0.15, -0.1) is 0 Å². The molecule has 0 fully saturated rings. The molecule has 0 amide bonds. The fourth-order valence-electron chi connectivity index (χ4n) is 5.20. The zero-order valence-corrected chi connectivity index (χ0v) is 20.5. The van der Waals surface area contributed by atoms with Gasteiger partial charge in [-0.3, -0.25) is 9.59 Å². The van der Waals surface area contributed by atoms with Crippen molar-refractivity contribution in [2.24, 2.45) is 10.8 Å². The highest BCUT2D eigenvalue weighted by Gasteiger charge is 2.60. The van der Waals surface area contributed by atoms with Crippen LogP contribution in [0, 0.1) is 10.8 Å². The van der Waals surface area contributed by atoms with Crippen LogP contribution in [0.2, 0.25) is 0 Å². The number of rotatable bonds is 8. The number of benzene rings is 1. The molecule has 0 unspecified atom stereocenters. The second-order valence-corrected chi connectivity index (χ2v) is 10.2. The van der Waals surface area contributed by atoms with Gasteiger partial charge in [0.05, 0.1) is 5.41 Å². The summed E-state index contributed by atoms with van der Waals surface area (Å²) in [6, 6.07) is 7.37. The molecule has 32 heavy (non-hydrogen) atoms. The Hall–Kier alpha value is -2.48. The molecule has 170 valence electrons. The molecule has 3 rings (SSSR count). The van der Waals surface area contributed by atoms with Gasteiger partial charge in [0, 0.05) is 16.5 Å². The van der Waals surface area contributed by atoms with Crippen LogP contribution >= 0.6 is 0 Å². The zero-order chi connectivity index (χ0) is 23.4. The molecule has 0 aliphatic heterocycles. The van der Waals surface area contributed by atoms with Gasteiger partial charge >= 0.3 is 0 Å². The van der Waals surface area contributed by atoms with Crippen molar-refractivity contribution < 1.29 is 9.59 Å². The molecule has 0 aromatic heterocycles. The summed E-state index contributed by atoms with van der Waals surface area (Å²) in [7, 11) is 0. The summed E-state index contributed by atoms with van der Waals surface area (Å²) in [5.74, 6) is 0.261. The normalized spacial score (nSPS) is 25.4.